The van der Waals surface area contributed by atoms with Gasteiger partial charge in [-0.15, -0.1) is 10.2 Å². The molecule has 5 nitrogen and oxygen atoms in total. The lowest BCUT2D eigenvalue weighted by atomic mass is 9.85. The number of nitrogens with zero attached hydrogens (tertiary/aromatic N) is 3. The van der Waals surface area contributed by atoms with Crippen molar-refractivity contribution < 1.29 is 5.11 Å². The Labute approximate surface area is 164 Å². The zero-order valence-electron chi connectivity index (χ0n) is 15.5. The Bertz CT molecular complexity index is 960. The van der Waals surface area contributed by atoms with Crippen molar-refractivity contribution in [2.45, 2.75) is 25.4 Å². The van der Waals surface area contributed by atoms with E-state index >= 15 is 0 Å². The number of nitrogens with one attached hydrogen (secondary N) is 1. The lowest BCUT2D eigenvalue weighted by Crippen LogP contribution is -2.08. The van der Waals surface area contributed by atoms with Gasteiger partial charge in [-0.1, -0.05) is 72.8 Å². The molecule has 1 heterocycles. The first-order valence-corrected chi connectivity index (χ1v) is 9.39. The van der Waals surface area contributed by atoms with Gasteiger partial charge >= 0.3 is 0 Å². The maximum atomic E-state index is 9.73. The molecule has 1 aromatic heterocycles. The number of benzene rings is 3. The molecule has 0 amide bonds. The van der Waals surface area contributed by atoms with Gasteiger partial charge in [-0.2, -0.15) is 5.21 Å². The lowest BCUT2D eigenvalue weighted by molar-refractivity contribution is 0.282. The number of hydrogen-bond donors (Lipinski definition) is 2. The molecule has 0 aliphatic rings. The van der Waals surface area contributed by atoms with E-state index in [0.717, 1.165) is 24.0 Å². The first-order valence-electron chi connectivity index (χ1n) is 9.39. The lowest BCUT2D eigenvalue weighted by Gasteiger charge is -2.19. The minimum absolute atomic E-state index is 0.0633. The highest BCUT2D eigenvalue weighted by molar-refractivity contribution is 5.61. The number of hydrogen-bond acceptors (Lipinski definition) is 4. The largest absolute Gasteiger partial charge is 0.392 e. The summed E-state index contributed by atoms with van der Waals surface area (Å²) >= 11 is 0. The molecule has 140 valence electrons. The van der Waals surface area contributed by atoms with Gasteiger partial charge in [-0.25, -0.2) is 0 Å². The number of tetrazole rings is 1. The summed E-state index contributed by atoms with van der Waals surface area (Å²) in [6.07, 6.45) is 1.86. The maximum absolute atomic E-state index is 9.73. The van der Waals surface area contributed by atoms with Crippen LogP contribution < -0.4 is 0 Å². The molecule has 5 heteroatoms. The third-order valence-electron chi connectivity index (χ3n) is 5.01. The summed E-state index contributed by atoms with van der Waals surface area (Å²) < 4.78 is 0. The molecular formula is C23H22N4O. The van der Waals surface area contributed by atoms with Crippen LogP contribution in [0.15, 0.2) is 78.9 Å². The van der Waals surface area contributed by atoms with Gasteiger partial charge in [0.25, 0.3) is 0 Å². The number of rotatable bonds is 7. The number of H-pyrrole nitrogens is 1. The highest BCUT2D eigenvalue weighted by atomic mass is 16.3. The summed E-state index contributed by atoms with van der Waals surface area (Å²) in [6.45, 7) is -0.0633. The molecule has 2 N–H and O–H groups in total. The molecule has 0 atom stereocenters. The van der Waals surface area contributed by atoms with E-state index in [0.29, 0.717) is 11.7 Å². The minimum atomic E-state index is -0.0633. The summed E-state index contributed by atoms with van der Waals surface area (Å²) in [5.74, 6) is 0.798. The smallest absolute Gasteiger partial charge is 0.205 e. The van der Waals surface area contributed by atoms with Crippen molar-refractivity contribution in [3.8, 4) is 11.4 Å². The van der Waals surface area contributed by atoms with E-state index in [1.54, 1.807) is 0 Å². The predicted octanol–water partition coefficient (Wildman–Crippen LogP) is 3.93. The maximum Gasteiger partial charge on any atom is 0.205 e. The SMILES string of the molecule is OCc1ccc(C(Cc2ccccc2)Cc2ccccc2)cc1-c1nn[nH]n1. The van der Waals surface area contributed by atoms with Crippen molar-refractivity contribution in [3.05, 3.63) is 101 Å². The van der Waals surface area contributed by atoms with Gasteiger partial charge in [-0.05, 0) is 52.3 Å². The van der Waals surface area contributed by atoms with Crippen LogP contribution in [-0.2, 0) is 19.4 Å². The summed E-state index contributed by atoms with van der Waals surface area (Å²) in [5, 5.41) is 24.1. The molecule has 0 unspecified atom stereocenters. The number of aliphatic hydroxyl groups is 1. The van der Waals surface area contributed by atoms with E-state index < -0.39 is 0 Å². The molecule has 4 aromatic rings. The predicted molar refractivity (Wildman–Crippen MR) is 109 cm³/mol. The molecule has 0 radical (unpaired) electrons. The van der Waals surface area contributed by atoms with Gasteiger partial charge in [-0.3, -0.25) is 0 Å². The summed E-state index contributed by atoms with van der Waals surface area (Å²) in [4.78, 5) is 0. The average molecular weight is 370 g/mol. The Morgan fingerprint density at radius 3 is 2.00 bits per heavy atom. The van der Waals surface area contributed by atoms with E-state index in [-0.39, 0.29) is 6.61 Å². The second-order valence-corrected chi connectivity index (χ2v) is 6.89. The van der Waals surface area contributed by atoms with Gasteiger partial charge in [0.05, 0.1) is 6.61 Å². The molecule has 0 fully saturated rings. The van der Waals surface area contributed by atoms with Gasteiger partial charge in [0.15, 0.2) is 0 Å². The van der Waals surface area contributed by atoms with Crippen molar-refractivity contribution >= 4 is 0 Å². The quantitative estimate of drug-likeness (QED) is 0.517. The first kappa shape index (κ1) is 18.1. The van der Waals surface area contributed by atoms with E-state index in [1.807, 2.05) is 18.2 Å². The Balaban J connectivity index is 1.72. The van der Waals surface area contributed by atoms with Crippen LogP contribution in [0.2, 0.25) is 0 Å². The fourth-order valence-electron chi connectivity index (χ4n) is 3.58. The first-order chi connectivity index (χ1) is 13.8. The zero-order valence-corrected chi connectivity index (χ0v) is 15.5. The molecule has 28 heavy (non-hydrogen) atoms. The van der Waals surface area contributed by atoms with Crippen molar-refractivity contribution in [2.24, 2.45) is 0 Å². The van der Waals surface area contributed by atoms with Crippen LogP contribution in [0, 0.1) is 0 Å². The molecule has 3 aromatic carbocycles. The Hall–Kier alpha value is -3.31. The summed E-state index contributed by atoms with van der Waals surface area (Å²) in [6, 6.07) is 27.2. The third-order valence-corrected chi connectivity index (χ3v) is 5.01. The van der Waals surface area contributed by atoms with Gasteiger partial charge in [0, 0.05) is 5.56 Å². The van der Waals surface area contributed by atoms with E-state index in [4.69, 9.17) is 0 Å². The average Bonchev–Trinajstić information content (AvgIpc) is 3.29. The highest BCUT2D eigenvalue weighted by Crippen LogP contribution is 2.30. The van der Waals surface area contributed by atoms with Crippen molar-refractivity contribution in [1.82, 2.24) is 20.6 Å². The van der Waals surface area contributed by atoms with Crippen LogP contribution in [0.5, 0.6) is 0 Å². The fraction of sp³-hybridized carbons (Fsp3) is 0.174. The Morgan fingerprint density at radius 1 is 0.821 bits per heavy atom. The molecule has 0 aliphatic carbocycles. The normalized spacial score (nSPS) is 11.1. The summed E-state index contributed by atoms with van der Waals surface area (Å²) in [7, 11) is 0. The van der Waals surface area contributed by atoms with Crippen molar-refractivity contribution in [1.29, 1.82) is 0 Å². The van der Waals surface area contributed by atoms with Gasteiger partial charge < -0.3 is 5.11 Å². The summed E-state index contributed by atoms with van der Waals surface area (Å²) in [5.41, 5.74) is 5.42. The van der Waals surface area contributed by atoms with Crippen LogP contribution in [0.3, 0.4) is 0 Å². The minimum Gasteiger partial charge on any atom is -0.392 e. The standard InChI is InChI=1S/C23H22N4O/c28-16-20-12-11-19(15-22(20)23-24-26-27-25-23)21(13-17-7-3-1-4-8-17)14-18-9-5-2-6-10-18/h1-12,15,21,28H,13-14,16H2,(H,24,25,26,27). The Kier molecular flexibility index (Phi) is 5.54. The van der Waals surface area contributed by atoms with Crippen LogP contribution in [0.4, 0.5) is 0 Å². The molecule has 0 aliphatic heterocycles. The molecular weight excluding hydrogens is 348 g/mol. The molecule has 0 spiro atoms. The van der Waals surface area contributed by atoms with E-state index in [1.165, 1.54) is 16.7 Å². The monoisotopic (exact) mass is 370 g/mol. The van der Waals surface area contributed by atoms with Gasteiger partial charge in [0.1, 0.15) is 0 Å². The molecule has 0 bridgehead atoms. The zero-order chi connectivity index (χ0) is 19.2. The van der Waals surface area contributed by atoms with Crippen LogP contribution in [0.1, 0.15) is 28.2 Å². The van der Waals surface area contributed by atoms with E-state index in [9.17, 15) is 5.11 Å². The van der Waals surface area contributed by atoms with Crippen molar-refractivity contribution in [3.63, 3.8) is 0 Å². The third kappa shape index (κ3) is 4.15. The van der Waals surface area contributed by atoms with Crippen molar-refractivity contribution in [2.75, 3.05) is 0 Å². The van der Waals surface area contributed by atoms with E-state index in [2.05, 4.69) is 81.3 Å². The highest BCUT2D eigenvalue weighted by Gasteiger charge is 2.17. The van der Waals surface area contributed by atoms with Gasteiger partial charge in [0.2, 0.25) is 5.82 Å². The topological polar surface area (TPSA) is 74.7 Å². The van der Waals surface area contributed by atoms with Crippen LogP contribution in [0.25, 0.3) is 11.4 Å². The molecule has 4 rings (SSSR count). The van der Waals surface area contributed by atoms with Crippen LogP contribution >= 0.6 is 0 Å². The van der Waals surface area contributed by atoms with Crippen LogP contribution in [-0.4, -0.2) is 25.7 Å². The number of aromatic nitrogens is 4. The Morgan fingerprint density at radius 2 is 1.46 bits per heavy atom. The number of aliphatic hydroxyl groups excluding tert-OH is 1. The second-order valence-electron chi connectivity index (χ2n) is 6.89. The fourth-order valence-corrected chi connectivity index (χ4v) is 3.58. The molecule has 0 saturated carbocycles. The molecule has 0 saturated heterocycles. The second kappa shape index (κ2) is 8.59. The number of aromatic amines is 1.